The zero-order valence-corrected chi connectivity index (χ0v) is 15.3. The number of hydrogen-bond acceptors (Lipinski definition) is 4. The molecule has 140 valence electrons. The Kier molecular flexibility index (Phi) is 4.63. The summed E-state index contributed by atoms with van der Waals surface area (Å²) < 4.78 is 1.78. The summed E-state index contributed by atoms with van der Waals surface area (Å²) in [4.78, 5) is 14.5. The van der Waals surface area contributed by atoms with Crippen molar-refractivity contribution in [2.45, 2.75) is 6.54 Å². The molecule has 0 spiro atoms. The van der Waals surface area contributed by atoms with Crippen LogP contribution in [0.1, 0.15) is 16.1 Å². The first-order chi connectivity index (χ1) is 13.6. The Hall–Kier alpha value is -3.87. The molecule has 7 heteroatoms. The molecule has 0 fully saturated rings. The maximum atomic E-state index is 12.8. The highest BCUT2D eigenvalue weighted by Crippen LogP contribution is 2.21. The van der Waals surface area contributed by atoms with Crippen molar-refractivity contribution in [2.75, 3.05) is 7.05 Å². The minimum absolute atomic E-state index is 0.159. The van der Waals surface area contributed by atoms with E-state index >= 15 is 0 Å². The third-order valence-corrected chi connectivity index (χ3v) is 4.47. The molecule has 4 aromatic rings. The Balaban J connectivity index is 1.53. The molecule has 2 aromatic carbocycles. The van der Waals surface area contributed by atoms with E-state index in [4.69, 9.17) is 0 Å². The number of carbonyl (C=O) groups excluding carboxylic acids is 1. The summed E-state index contributed by atoms with van der Waals surface area (Å²) in [5, 5.41) is 20.7. The second-order valence-electron chi connectivity index (χ2n) is 6.45. The summed E-state index contributed by atoms with van der Waals surface area (Å²) >= 11 is 0. The minimum atomic E-state index is -0.159. The van der Waals surface area contributed by atoms with Gasteiger partial charge in [0.25, 0.3) is 5.91 Å². The predicted molar refractivity (Wildman–Crippen MR) is 105 cm³/mol. The van der Waals surface area contributed by atoms with Gasteiger partial charge in [-0.3, -0.25) is 9.89 Å². The van der Waals surface area contributed by atoms with E-state index in [1.54, 1.807) is 53.2 Å². The standard InChI is InChI=1S/C21H19N5O2/c1-25(14-16-5-2-3-6-20(16)26-12-4-11-22-26)21(28)19-13-18(23-24-19)15-7-9-17(27)10-8-15/h2-13,27H,14H2,1H3,(H,23,24). The number of benzene rings is 2. The Bertz CT molecular complexity index is 1080. The fraction of sp³-hybridized carbons (Fsp3) is 0.0952. The van der Waals surface area contributed by atoms with Gasteiger partial charge < -0.3 is 10.0 Å². The van der Waals surface area contributed by atoms with Gasteiger partial charge in [0, 0.05) is 31.5 Å². The van der Waals surface area contributed by atoms with Gasteiger partial charge in [0.2, 0.25) is 0 Å². The summed E-state index contributed by atoms with van der Waals surface area (Å²) in [6.07, 6.45) is 3.60. The van der Waals surface area contributed by atoms with Crippen LogP contribution in [0, 0.1) is 0 Å². The van der Waals surface area contributed by atoms with Crippen LogP contribution < -0.4 is 0 Å². The number of nitrogens with one attached hydrogen (secondary N) is 1. The van der Waals surface area contributed by atoms with E-state index in [-0.39, 0.29) is 11.7 Å². The van der Waals surface area contributed by atoms with Gasteiger partial charge in [0.15, 0.2) is 0 Å². The van der Waals surface area contributed by atoms with Crippen molar-refractivity contribution >= 4 is 5.91 Å². The first kappa shape index (κ1) is 17.5. The molecule has 0 radical (unpaired) electrons. The van der Waals surface area contributed by atoms with Gasteiger partial charge in [0.1, 0.15) is 11.4 Å². The van der Waals surface area contributed by atoms with E-state index < -0.39 is 0 Å². The van der Waals surface area contributed by atoms with Gasteiger partial charge in [-0.05, 0) is 48.0 Å². The van der Waals surface area contributed by atoms with E-state index in [0.29, 0.717) is 17.9 Å². The summed E-state index contributed by atoms with van der Waals surface area (Å²) in [5.74, 6) is 0.0268. The van der Waals surface area contributed by atoms with Crippen molar-refractivity contribution in [1.29, 1.82) is 0 Å². The first-order valence-electron chi connectivity index (χ1n) is 8.80. The van der Waals surface area contributed by atoms with E-state index in [9.17, 15) is 9.90 Å². The Morgan fingerprint density at radius 3 is 2.68 bits per heavy atom. The van der Waals surface area contributed by atoms with Crippen molar-refractivity contribution in [3.63, 3.8) is 0 Å². The SMILES string of the molecule is CN(Cc1ccccc1-n1cccn1)C(=O)c1cc(-c2ccc(O)cc2)n[nH]1. The first-order valence-corrected chi connectivity index (χ1v) is 8.80. The molecule has 0 saturated heterocycles. The van der Waals surface area contributed by atoms with Crippen molar-refractivity contribution in [1.82, 2.24) is 24.9 Å². The highest BCUT2D eigenvalue weighted by atomic mass is 16.3. The number of amides is 1. The van der Waals surface area contributed by atoms with Gasteiger partial charge in [-0.25, -0.2) is 4.68 Å². The molecular weight excluding hydrogens is 354 g/mol. The average molecular weight is 373 g/mol. The van der Waals surface area contributed by atoms with Crippen LogP contribution in [0.2, 0.25) is 0 Å². The summed E-state index contributed by atoms with van der Waals surface area (Å²) in [6.45, 7) is 0.433. The molecule has 0 saturated carbocycles. The van der Waals surface area contributed by atoms with Crippen molar-refractivity contribution < 1.29 is 9.90 Å². The Morgan fingerprint density at radius 2 is 1.93 bits per heavy atom. The van der Waals surface area contributed by atoms with Crippen LogP contribution >= 0.6 is 0 Å². The molecule has 2 heterocycles. The van der Waals surface area contributed by atoms with Crippen LogP contribution in [0.15, 0.2) is 73.1 Å². The summed E-state index contributed by atoms with van der Waals surface area (Å²) in [6, 6.07) is 18.1. The normalized spacial score (nSPS) is 10.8. The monoisotopic (exact) mass is 373 g/mol. The summed E-state index contributed by atoms with van der Waals surface area (Å²) in [5.41, 5.74) is 3.79. The molecule has 0 aliphatic carbocycles. The van der Waals surface area contributed by atoms with Crippen molar-refractivity contribution in [3.8, 4) is 22.7 Å². The topological polar surface area (TPSA) is 87.0 Å². The van der Waals surface area contributed by atoms with Gasteiger partial charge in [-0.2, -0.15) is 10.2 Å². The number of aromatic amines is 1. The van der Waals surface area contributed by atoms with Gasteiger partial charge >= 0.3 is 0 Å². The smallest absolute Gasteiger partial charge is 0.271 e. The van der Waals surface area contributed by atoms with Crippen LogP contribution in [0.4, 0.5) is 0 Å². The molecule has 28 heavy (non-hydrogen) atoms. The number of para-hydroxylation sites is 1. The lowest BCUT2D eigenvalue weighted by Crippen LogP contribution is -2.27. The number of aromatic hydroxyl groups is 1. The average Bonchev–Trinajstić information content (AvgIpc) is 3.41. The number of H-pyrrole nitrogens is 1. The zero-order valence-electron chi connectivity index (χ0n) is 15.3. The highest BCUT2D eigenvalue weighted by molar-refractivity contribution is 5.93. The third-order valence-electron chi connectivity index (χ3n) is 4.47. The van der Waals surface area contributed by atoms with Crippen molar-refractivity contribution in [3.05, 3.63) is 84.3 Å². The molecule has 0 atom stereocenters. The van der Waals surface area contributed by atoms with Gasteiger partial charge in [0.05, 0.1) is 11.4 Å². The third kappa shape index (κ3) is 3.50. The second kappa shape index (κ2) is 7.40. The van der Waals surface area contributed by atoms with E-state index in [1.807, 2.05) is 36.5 Å². The lowest BCUT2D eigenvalue weighted by molar-refractivity contribution is 0.0779. The molecule has 2 N–H and O–H groups in total. The molecule has 0 aliphatic heterocycles. The molecule has 7 nitrogen and oxygen atoms in total. The van der Waals surface area contributed by atoms with E-state index in [1.165, 1.54) is 0 Å². The number of phenolic OH excluding ortho intramolecular Hbond substituents is 1. The lowest BCUT2D eigenvalue weighted by atomic mass is 10.1. The molecule has 2 aromatic heterocycles. The second-order valence-corrected chi connectivity index (χ2v) is 6.45. The number of nitrogens with zero attached hydrogens (tertiary/aromatic N) is 4. The number of aromatic nitrogens is 4. The molecule has 4 rings (SSSR count). The van der Waals surface area contributed by atoms with E-state index in [0.717, 1.165) is 16.8 Å². The molecule has 0 aliphatic rings. The minimum Gasteiger partial charge on any atom is -0.508 e. The fourth-order valence-electron chi connectivity index (χ4n) is 3.02. The van der Waals surface area contributed by atoms with E-state index in [2.05, 4.69) is 15.3 Å². The highest BCUT2D eigenvalue weighted by Gasteiger charge is 2.17. The quantitative estimate of drug-likeness (QED) is 0.562. The largest absolute Gasteiger partial charge is 0.508 e. The number of rotatable bonds is 5. The van der Waals surface area contributed by atoms with Crippen LogP contribution in [0.25, 0.3) is 16.9 Å². The van der Waals surface area contributed by atoms with Gasteiger partial charge in [-0.15, -0.1) is 0 Å². The van der Waals surface area contributed by atoms with Crippen LogP contribution in [-0.2, 0) is 6.54 Å². The predicted octanol–water partition coefficient (Wildman–Crippen LogP) is 3.24. The summed E-state index contributed by atoms with van der Waals surface area (Å²) in [7, 11) is 1.75. The number of carbonyl (C=O) groups is 1. The van der Waals surface area contributed by atoms with Crippen LogP contribution in [-0.4, -0.2) is 42.9 Å². The molecule has 0 unspecified atom stereocenters. The Morgan fingerprint density at radius 1 is 1.14 bits per heavy atom. The molecular formula is C21H19N5O2. The lowest BCUT2D eigenvalue weighted by Gasteiger charge is -2.18. The number of phenols is 1. The maximum absolute atomic E-state index is 12.8. The molecule has 1 amide bonds. The number of hydrogen-bond donors (Lipinski definition) is 2. The van der Waals surface area contributed by atoms with Gasteiger partial charge in [-0.1, -0.05) is 18.2 Å². The van der Waals surface area contributed by atoms with Crippen LogP contribution in [0.3, 0.4) is 0 Å². The maximum Gasteiger partial charge on any atom is 0.271 e. The van der Waals surface area contributed by atoms with Crippen molar-refractivity contribution in [2.24, 2.45) is 0 Å². The molecule has 0 bridgehead atoms. The van der Waals surface area contributed by atoms with Crippen LogP contribution in [0.5, 0.6) is 5.75 Å². The zero-order chi connectivity index (χ0) is 19.5. The Labute approximate surface area is 161 Å². The fourth-order valence-corrected chi connectivity index (χ4v) is 3.02.